The number of esters is 1. The lowest BCUT2D eigenvalue weighted by Gasteiger charge is -2.12. The average molecular weight is 375 g/mol. The summed E-state index contributed by atoms with van der Waals surface area (Å²) in [6, 6.07) is 23.8. The first-order valence-electron chi connectivity index (χ1n) is 8.88. The van der Waals surface area contributed by atoms with E-state index < -0.39 is 5.97 Å². The summed E-state index contributed by atoms with van der Waals surface area (Å²) in [6.07, 6.45) is 0. The van der Waals surface area contributed by atoms with Crippen molar-refractivity contribution in [2.45, 2.75) is 6.61 Å². The lowest BCUT2D eigenvalue weighted by atomic mass is 10.1. The van der Waals surface area contributed by atoms with Crippen molar-refractivity contribution in [1.82, 2.24) is 0 Å². The molecule has 0 aliphatic carbocycles. The van der Waals surface area contributed by atoms with Crippen molar-refractivity contribution in [2.24, 2.45) is 0 Å². The van der Waals surface area contributed by atoms with E-state index in [0.29, 0.717) is 23.5 Å². The number of carbonyl (C=O) groups excluding carboxylic acids is 2. The Bertz CT molecular complexity index is 936. The van der Waals surface area contributed by atoms with Crippen molar-refractivity contribution < 1.29 is 19.1 Å². The van der Waals surface area contributed by atoms with Crippen LogP contribution in [0.1, 0.15) is 26.3 Å². The van der Waals surface area contributed by atoms with Gasteiger partial charge in [-0.1, -0.05) is 42.5 Å². The Kier molecular flexibility index (Phi) is 6.41. The highest BCUT2D eigenvalue weighted by Gasteiger charge is 2.12. The summed E-state index contributed by atoms with van der Waals surface area (Å²) < 4.78 is 10.5. The largest absolute Gasteiger partial charge is 0.488 e. The minimum atomic E-state index is -0.396. The second kappa shape index (κ2) is 9.37. The maximum absolute atomic E-state index is 12.7. The molecule has 0 spiro atoms. The first-order chi connectivity index (χ1) is 13.7. The zero-order valence-corrected chi connectivity index (χ0v) is 15.6. The van der Waals surface area contributed by atoms with E-state index >= 15 is 0 Å². The van der Waals surface area contributed by atoms with Gasteiger partial charge in [0.1, 0.15) is 12.4 Å². The van der Waals surface area contributed by atoms with Gasteiger partial charge in [0.2, 0.25) is 0 Å². The second-order valence-corrected chi connectivity index (χ2v) is 6.12. The molecule has 28 heavy (non-hydrogen) atoms. The number of anilines is 1. The van der Waals surface area contributed by atoms with Crippen molar-refractivity contribution >= 4 is 17.4 Å². The summed E-state index contributed by atoms with van der Waals surface area (Å²) in [5, 5.41) is 3.07. The number of ether oxygens (including phenoxy) is 2. The molecule has 3 aromatic rings. The lowest BCUT2D eigenvalue weighted by Crippen LogP contribution is -2.15. The van der Waals surface area contributed by atoms with Crippen LogP contribution in [0, 0.1) is 0 Å². The number of carbonyl (C=O) groups is 2. The van der Waals surface area contributed by atoms with Crippen LogP contribution in [0.15, 0.2) is 78.9 Å². The van der Waals surface area contributed by atoms with Crippen molar-refractivity contribution in [3.8, 4) is 5.75 Å². The monoisotopic (exact) mass is 375 g/mol. The van der Waals surface area contributed by atoms with Crippen molar-refractivity contribution in [3.63, 3.8) is 0 Å². The average Bonchev–Trinajstić information content (AvgIpc) is 2.76. The molecule has 0 saturated carbocycles. The van der Waals surface area contributed by atoms with Crippen LogP contribution in [0.4, 0.5) is 5.69 Å². The third-order valence-corrected chi connectivity index (χ3v) is 4.18. The predicted molar refractivity (Wildman–Crippen MR) is 108 cm³/mol. The van der Waals surface area contributed by atoms with Gasteiger partial charge >= 0.3 is 5.97 Å². The summed E-state index contributed by atoms with van der Waals surface area (Å²) in [7, 11) is 1.34. The number of para-hydroxylation sites is 1. The molecule has 0 saturated heterocycles. The number of methoxy groups -OCH3 is 1. The molecule has 0 bridgehead atoms. The van der Waals surface area contributed by atoms with E-state index in [1.54, 1.807) is 36.4 Å². The van der Waals surface area contributed by atoms with Crippen LogP contribution in [-0.2, 0) is 11.3 Å². The van der Waals surface area contributed by atoms with Crippen LogP contribution in [0.3, 0.4) is 0 Å². The molecular formula is C23H21NO4. The number of ketones is 1. The SMILES string of the molecule is COC(=O)c1ccc(NCC(=O)c2ccccc2OCc2ccccc2)cc1. The van der Waals surface area contributed by atoms with Crippen LogP contribution in [0.25, 0.3) is 0 Å². The highest BCUT2D eigenvalue weighted by molar-refractivity contribution is 6.01. The van der Waals surface area contributed by atoms with Gasteiger partial charge in [0.15, 0.2) is 5.78 Å². The quantitative estimate of drug-likeness (QED) is 0.468. The van der Waals surface area contributed by atoms with Gasteiger partial charge in [-0.3, -0.25) is 4.79 Å². The molecule has 142 valence electrons. The molecule has 1 N–H and O–H groups in total. The fourth-order valence-corrected chi connectivity index (χ4v) is 2.68. The van der Waals surface area contributed by atoms with Gasteiger partial charge in [0, 0.05) is 5.69 Å². The van der Waals surface area contributed by atoms with E-state index in [9.17, 15) is 9.59 Å². The van der Waals surface area contributed by atoms with Crippen molar-refractivity contribution in [1.29, 1.82) is 0 Å². The highest BCUT2D eigenvalue weighted by atomic mass is 16.5. The van der Waals surface area contributed by atoms with Crippen LogP contribution in [0.5, 0.6) is 5.75 Å². The molecule has 0 fully saturated rings. The summed E-state index contributed by atoms with van der Waals surface area (Å²) >= 11 is 0. The number of rotatable bonds is 8. The summed E-state index contributed by atoms with van der Waals surface area (Å²) in [5.41, 5.74) is 2.76. The lowest BCUT2D eigenvalue weighted by molar-refractivity contribution is 0.0600. The van der Waals surface area contributed by atoms with E-state index in [1.807, 2.05) is 42.5 Å². The molecule has 0 atom stereocenters. The predicted octanol–water partition coefficient (Wildman–Crippen LogP) is 4.35. The molecule has 0 aromatic heterocycles. The third kappa shape index (κ3) is 4.98. The smallest absolute Gasteiger partial charge is 0.337 e. The minimum Gasteiger partial charge on any atom is -0.488 e. The zero-order chi connectivity index (χ0) is 19.8. The summed E-state index contributed by atoms with van der Waals surface area (Å²) in [6.45, 7) is 0.511. The highest BCUT2D eigenvalue weighted by Crippen LogP contribution is 2.20. The molecule has 5 nitrogen and oxygen atoms in total. The molecule has 0 heterocycles. The van der Waals surface area contributed by atoms with E-state index in [1.165, 1.54) is 7.11 Å². The Labute approximate surface area is 163 Å². The van der Waals surface area contributed by atoms with Gasteiger partial charge in [-0.2, -0.15) is 0 Å². The van der Waals surface area contributed by atoms with E-state index in [4.69, 9.17) is 4.74 Å². The van der Waals surface area contributed by atoms with E-state index in [0.717, 1.165) is 11.3 Å². The number of hydrogen-bond donors (Lipinski definition) is 1. The molecular weight excluding hydrogens is 354 g/mol. The van der Waals surface area contributed by atoms with Gasteiger partial charge in [-0.05, 0) is 42.0 Å². The van der Waals surface area contributed by atoms with E-state index in [-0.39, 0.29) is 12.3 Å². The fourth-order valence-electron chi connectivity index (χ4n) is 2.68. The Morgan fingerprint density at radius 2 is 1.54 bits per heavy atom. The van der Waals surface area contributed by atoms with Crippen molar-refractivity contribution in [3.05, 3.63) is 95.6 Å². The summed E-state index contributed by atoms with van der Waals surface area (Å²) in [5.74, 6) is 0.0759. The Morgan fingerprint density at radius 3 is 2.25 bits per heavy atom. The fraction of sp³-hybridized carbons (Fsp3) is 0.130. The van der Waals surface area contributed by atoms with Crippen LogP contribution in [0.2, 0.25) is 0 Å². The first kappa shape index (κ1) is 19.2. The standard InChI is InChI=1S/C23H21NO4/c1-27-23(26)18-11-13-19(14-12-18)24-15-21(25)20-9-5-6-10-22(20)28-16-17-7-3-2-4-8-17/h2-14,24H,15-16H2,1H3. The normalized spacial score (nSPS) is 10.2. The van der Waals surface area contributed by atoms with Gasteiger partial charge in [0.25, 0.3) is 0 Å². The van der Waals surface area contributed by atoms with Crippen LogP contribution >= 0.6 is 0 Å². The molecule has 5 heteroatoms. The van der Waals surface area contributed by atoms with Crippen LogP contribution in [-0.4, -0.2) is 25.4 Å². The molecule has 0 unspecified atom stereocenters. The van der Waals surface area contributed by atoms with Crippen LogP contribution < -0.4 is 10.1 Å². The van der Waals surface area contributed by atoms with Gasteiger partial charge in [-0.15, -0.1) is 0 Å². The van der Waals surface area contributed by atoms with Gasteiger partial charge < -0.3 is 14.8 Å². The molecule has 3 rings (SSSR count). The first-order valence-corrected chi connectivity index (χ1v) is 8.88. The Hall–Kier alpha value is -3.60. The number of nitrogens with one attached hydrogen (secondary N) is 1. The molecule has 0 radical (unpaired) electrons. The molecule has 0 amide bonds. The summed E-state index contributed by atoms with van der Waals surface area (Å²) in [4.78, 5) is 24.1. The number of benzene rings is 3. The Morgan fingerprint density at radius 1 is 0.857 bits per heavy atom. The Balaban J connectivity index is 1.62. The van der Waals surface area contributed by atoms with E-state index in [2.05, 4.69) is 10.1 Å². The minimum absolute atomic E-state index is 0.0827. The van der Waals surface area contributed by atoms with Gasteiger partial charge in [0.05, 0.1) is 24.8 Å². The molecule has 0 aliphatic heterocycles. The number of hydrogen-bond acceptors (Lipinski definition) is 5. The maximum atomic E-state index is 12.7. The zero-order valence-electron chi connectivity index (χ0n) is 15.6. The van der Waals surface area contributed by atoms with Crippen molar-refractivity contribution in [2.75, 3.05) is 19.0 Å². The second-order valence-electron chi connectivity index (χ2n) is 6.12. The van der Waals surface area contributed by atoms with Gasteiger partial charge in [-0.25, -0.2) is 4.79 Å². The number of Topliss-reactive ketones (excluding diaryl/α,β-unsaturated/α-hetero) is 1. The maximum Gasteiger partial charge on any atom is 0.337 e. The topological polar surface area (TPSA) is 64.6 Å². The third-order valence-electron chi connectivity index (χ3n) is 4.18. The molecule has 0 aliphatic rings. The molecule has 3 aromatic carbocycles.